The summed E-state index contributed by atoms with van der Waals surface area (Å²) in [6.45, 7) is 4.52. The Hall–Kier alpha value is -1.95. The molecule has 0 atom stereocenters. The van der Waals surface area contributed by atoms with Crippen molar-refractivity contribution in [3.05, 3.63) is 29.8 Å². The van der Waals surface area contributed by atoms with Gasteiger partial charge in [0.1, 0.15) is 12.4 Å². The van der Waals surface area contributed by atoms with E-state index in [1.165, 1.54) is 0 Å². The summed E-state index contributed by atoms with van der Waals surface area (Å²) in [5, 5.41) is 2.67. The molecule has 0 aliphatic heterocycles. The van der Waals surface area contributed by atoms with Crippen LogP contribution in [0.4, 0.5) is 0 Å². The smallest absolute Gasteiger partial charge is 0.220 e. The second-order valence-electron chi connectivity index (χ2n) is 3.54. The highest BCUT2D eigenvalue weighted by Gasteiger charge is 1.95. The number of hydrogen-bond donors (Lipinski definition) is 1. The second kappa shape index (κ2) is 7.34. The van der Waals surface area contributed by atoms with Crippen LogP contribution in [0.1, 0.15) is 18.9 Å². The first-order valence-electron chi connectivity index (χ1n) is 5.65. The number of benzene rings is 1. The minimum atomic E-state index is 0.0131. The van der Waals surface area contributed by atoms with Gasteiger partial charge in [0, 0.05) is 6.42 Å². The number of hydrogen-bond acceptors (Lipinski definition) is 2. The molecule has 0 heterocycles. The molecule has 0 fully saturated rings. The van der Waals surface area contributed by atoms with Gasteiger partial charge in [-0.05, 0) is 18.6 Å². The van der Waals surface area contributed by atoms with E-state index in [1.807, 2.05) is 38.1 Å². The Morgan fingerprint density at radius 2 is 2.12 bits per heavy atom. The monoisotopic (exact) mass is 231 g/mol. The zero-order chi connectivity index (χ0) is 12.5. The number of aryl methyl sites for hydroxylation is 1. The van der Waals surface area contributed by atoms with E-state index in [-0.39, 0.29) is 5.91 Å². The Bertz CT molecular complexity index is 429. The first kappa shape index (κ1) is 13.1. The summed E-state index contributed by atoms with van der Waals surface area (Å²) in [7, 11) is 0. The Labute approximate surface area is 102 Å². The van der Waals surface area contributed by atoms with Gasteiger partial charge in [0.05, 0.1) is 6.54 Å². The lowest BCUT2D eigenvalue weighted by molar-refractivity contribution is -0.120. The standard InChI is InChI=1S/C14H17NO2/c1-3-14(16)15-10-6-7-11-17-13-9-5-4-8-12(13)2/h4-5,8-9H,3,10-11H2,1-2H3,(H,15,16). The lowest BCUT2D eigenvalue weighted by Gasteiger charge is -2.04. The lowest BCUT2D eigenvalue weighted by atomic mass is 10.2. The number of para-hydroxylation sites is 1. The lowest BCUT2D eigenvalue weighted by Crippen LogP contribution is -2.22. The molecule has 0 aliphatic rings. The topological polar surface area (TPSA) is 38.3 Å². The fourth-order valence-corrected chi connectivity index (χ4v) is 1.21. The highest BCUT2D eigenvalue weighted by Crippen LogP contribution is 2.15. The predicted molar refractivity (Wildman–Crippen MR) is 67.8 cm³/mol. The Morgan fingerprint density at radius 1 is 1.35 bits per heavy atom. The van der Waals surface area contributed by atoms with Crippen molar-refractivity contribution in [3.8, 4) is 17.6 Å². The van der Waals surface area contributed by atoms with Crippen molar-refractivity contribution in [2.75, 3.05) is 13.2 Å². The zero-order valence-corrected chi connectivity index (χ0v) is 10.2. The van der Waals surface area contributed by atoms with Crippen LogP contribution in [0, 0.1) is 18.8 Å². The van der Waals surface area contributed by atoms with Crippen LogP contribution >= 0.6 is 0 Å². The van der Waals surface area contributed by atoms with E-state index < -0.39 is 0 Å². The third kappa shape index (κ3) is 5.07. The van der Waals surface area contributed by atoms with Gasteiger partial charge in [0.15, 0.2) is 0 Å². The van der Waals surface area contributed by atoms with Gasteiger partial charge in [-0.25, -0.2) is 0 Å². The molecule has 0 spiro atoms. The van der Waals surface area contributed by atoms with Crippen LogP contribution in [0.15, 0.2) is 24.3 Å². The molecule has 0 aromatic heterocycles. The first-order valence-corrected chi connectivity index (χ1v) is 5.65. The summed E-state index contributed by atoms with van der Waals surface area (Å²) in [6, 6.07) is 7.80. The van der Waals surface area contributed by atoms with E-state index in [4.69, 9.17) is 4.74 Å². The van der Waals surface area contributed by atoms with E-state index in [1.54, 1.807) is 0 Å². The fourth-order valence-electron chi connectivity index (χ4n) is 1.21. The van der Waals surface area contributed by atoms with Crippen LogP contribution < -0.4 is 10.1 Å². The Kier molecular flexibility index (Phi) is 5.67. The average Bonchev–Trinajstić information content (AvgIpc) is 2.35. The van der Waals surface area contributed by atoms with Gasteiger partial charge >= 0.3 is 0 Å². The van der Waals surface area contributed by atoms with E-state index in [2.05, 4.69) is 17.2 Å². The molecule has 3 heteroatoms. The van der Waals surface area contributed by atoms with E-state index in [0.29, 0.717) is 19.6 Å². The normalized spacial score (nSPS) is 9.06. The van der Waals surface area contributed by atoms with Crippen LogP contribution in [0.3, 0.4) is 0 Å². The molecule has 0 unspecified atom stereocenters. The summed E-state index contributed by atoms with van der Waals surface area (Å²) < 4.78 is 5.48. The van der Waals surface area contributed by atoms with Crippen molar-refractivity contribution in [1.82, 2.24) is 5.32 Å². The van der Waals surface area contributed by atoms with Gasteiger partial charge < -0.3 is 10.1 Å². The molecule has 1 aromatic rings. The maximum atomic E-state index is 10.9. The summed E-state index contributed by atoms with van der Waals surface area (Å²) in [5.41, 5.74) is 1.09. The maximum Gasteiger partial charge on any atom is 0.220 e. The van der Waals surface area contributed by atoms with E-state index >= 15 is 0 Å². The quantitative estimate of drug-likeness (QED) is 0.804. The van der Waals surface area contributed by atoms with Gasteiger partial charge in [-0.2, -0.15) is 0 Å². The van der Waals surface area contributed by atoms with Crippen molar-refractivity contribution in [2.24, 2.45) is 0 Å². The highest BCUT2D eigenvalue weighted by molar-refractivity contribution is 5.75. The molecule has 1 aromatic carbocycles. The second-order valence-corrected chi connectivity index (χ2v) is 3.54. The molecule has 17 heavy (non-hydrogen) atoms. The fraction of sp³-hybridized carbons (Fsp3) is 0.357. The summed E-state index contributed by atoms with van der Waals surface area (Å²) in [4.78, 5) is 10.9. The van der Waals surface area contributed by atoms with Crippen molar-refractivity contribution < 1.29 is 9.53 Å². The molecule has 0 aliphatic carbocycles. The number of carbonyl (C=O) groups is 1. The summed E-state index contributed by atoms with van der Waals surface area (Å²) in [6.07, 6.45) is 0.487. The number of carbonyl (C=O) groups excluding carboxylic acids is 1. The van der Waals surface area contributed by atoms with Crippen molar-refractivity contribution >= 4 is 5.91 Å². The van der Waals surface area contributed by atoms with Crippen LogP contribution in [0.25, 0.3) is 0 Å². The highest BCUT2D eigenvalue weighted by atomic mass is 16.5. The molecule has 0 saturated carbocycles. The van der Waals surface area contributed by atoms with Gasteiger partial charge in [-0.3, -0.25) is 4.79 Å². The number of ether oxygens (including phenoxy) is 1. The third-order valence-corrected chi connectivity index (χ3v) is 2.21. The molecule has 3 nitrogen and oxygen atoms in total. The molecule has 90 valence electrons. The van der Waals surface area contributed by atoms with Crippen molar-refractivity contribution in [1.29, 1.82) is 0 Å². The number of rotatable bonds is 4. The van der Waals surface area contributed by atoms with E-state index in [0.717, 1.165) is 11.3 Å². The minimum Gasteiger partial charge on any atom is -0.481 e. The summed E-state index contributed by atoms with van der Waals surface area (Å²) >= 11 is 0. The van der Waals surface area contributed by atoms with Gasteiger partial charge in [0.25, 0.3) is 0 Å². The SMILES string of the molecule is CCC(=O)NCC#CCOc1ccccc1C. The van der Waals surface area contributed by atoms with Gasteiger partial charge in [0.2, 0.25) is 5.91 Å². The van der Waals surface area contributed by atoms with Gasteiger partial charge in [-0.1, -0.05) is 37.0 Å². The molecule has 1 N–H and O–H groups in total. The third-order valence-electron chi connectivity index (χ3n) is 2.21. The number of nitrogens with one attached hydrogen (secondary N) is 1. The molecular formula is C14H17NO2. The van der Waals surface area contributed by atoms with Crippen molar-refractivity contribution in [2.45, 2.75) is 20.3 Å². The van der Waals surface area contributed by atoms with Crippen LogP contribution in [0.2, 0.25) is 0 Å². The maximum absolute atomic E-state index is 10.9. The van der Waals surface area contributed by atoms with E-state index in [9.17, 15) is 4.79 Å². The Morgan fingerprint density at radius 3 is 2.82 bits per heavy atom. The molecular weight excluding hydrogens is 214 g/mol. The predicted octanol–water partition coefficient (Wildman–Crippen LogP) is 1.90. The van der Waals surface area contributed by atoms with Crippen LogP contribution in [-0.4, -0.2) is 19.1 Å². The van der Waals surface area contributed by atoms with Gasteiger partial charge in [-0.15, -0.1) is 0 Å². The van der Waals surface area contributed by atoms with Crippen LogP contribution in [0.5, 0.6) is 5.75 Å². The molecule has 0 saturated heterocycles. The average molecular weight is 231 g/mol. The summed E-state index contributed by atoms with van der Waals surface area (Å²) in [5.74, 6) is 6.55. The Balaban J connectivity index is 2.27. The van der Waals surface area contributed by atoms with Crippen LogP contribution in [-0.2, 0) is 4.79 Å². The number of amides is 1. The molecule has 1 amide bonds. The first-order chi connectivity index (χ1) is 8.24. The molecule has 0 bridgehead atoms. The largest absolute Gasteiger partial charge is 0.481 e. The molecule has 0 radical (unpaired) electrons. The van der Waals surface area contributed by atoms with Crippen molar-refractivity contribution in [3.63, 3.8) is 0 Å². The zero-order valence-electron chi connectivity index (χ0n) is 10.2. The minimum absolute atomic E-state index is 0.0131. The molecule has 1 rings (SSSR count).